The number of benzene rings is 1. The SMILES string of the molecule is CCN(C)C(=O)C(C)NCc1cc2ccccc2o1. The fourth-order valence-electron chi connectivity index (χ4n) is 1.95. The molecule has 0 spiro atoms. The quantitative estimate of drug-likeness (QED) is 0.897. The molecule has 1 atom stereocenters. The summed E-state index contributed by atoms with van der Waals surface area (Å²) in [5.74, 6) is 0.943. The fraction of sp³-hybridized carbons (Fsp3) is 0.400. The van der Waals surface area contributed by atoms with Gasteiger partial charge >= 0.3 is 0 Å². The van der Waals surface area contributed by atoms with E-state index in [1.54, 1.807) is 4.90 Å². The van der Waals surface area contributed by atoms with Gasteiger partial charge in [0.2, 0.25) is 5.91 Å². The molecule has 0 bridgehead atoms. The summed E-state index contributed by atoms with van der Waals surface area (Å²) in [6.45, 7) is 5.11. The molecule has 2 aromatic rings. The molecular formula is C15H20N2O2. The predicted molar refractivity (Wildman–Crippen MR) is 75.8 cm³/mol. The Morgan fingerprint density at radius 1 is 1.42 bits per heavy atom. The summed E-state index contributed by atoms with van der Waals surface area (Å²) >= 11 is 0. The molecule has 2 rings (SSSR count). The zero-order chi connectivity index (χ0) is 13.8. The van der Waals surface area contributed by atoms with Gasteiger partial charge in [-0.15, -0.1) is 0 Å². The van der Waals surface area contributed by atoms with Crippen molar-refractivity contribution in [1.82, 2.24) is 10.2 Å². The van der Waals surface area contributed by atoms with Gasteiger partial charge in [0, 0.05) is 19.0 Å². The third-order valence-corrected chi connectivity index (χ3v) is 3.28. The molecule has 102 valence electrons. The molecule has 0 fully saturated rings. The van der Waals surface area contributed by atoms with Crippen LogP contribution in [0, 0.1) is 0 Å². The Morgan fingerprint density at radius 2 is 2.16 bits per heavy atom. The Morgan fingerprint density at radius 3 is 2.84 bits per heavy atom. The van der Waals surface area contributed by atoms with Gasteiger partial charge in [0.1, 0.15) is 11.3 Å². The van der Waals surface area contributed by atoms with E-state index < -0.39 is 0 Å². The number of para-hydroxylation sites is 1. The first-order valence-corrected chi connectivity index (χ1v) is 6.57. The van der Waals surface area contributed by atoms with E-state index in [1.165, 1.54) is 0 Å². The second-order valence-corrected chi connectivity index (χ2v) is 4.71. The van der Waals surface area contributed by atoms with Gasteiger partial charge in [-0.25, -0.2) is 0 Å². The van der Waals surface area contributed by atoms with Crippen LogP contribution in [0.2, 0.25) is 0 Å². The van der Waals surface area contributed by atoms with Crippen molar-refractivity contribution in [3.8, 4) is 0 Å². The van der Waals surface area contributed by atoms with Crippen molar-refractivity contribution in [3.05, 3.63) is 36.1 Å². The van der Waals surface area contributed by atoms with Crippen molar-refractivity contribution >= 4 is 16.9 Å². The van der Waals surface area contributed by atoms with Gasteiger partial charge in [-0.05, 0) is 26.0 Å². The van der Waals surface area contributed by atoms with Crippen LogP contribution in [-0.2, 0) is 11.3 Å². The van der Waals surface area contributed by atoms with Crippen LogP contribution in [0.25, 0.3) is 11.0 Å². The number of hydrogen-bond acceptors (Lipinski definition) is 3. The van der Waals surface area contributed by atoms with E-state index in [-0.39, 0.29) is 11.9 Å². The molecule has 0 aliphatic heterocycles. The van der Waals surface area contributed by atoms with Crippen LogP contribution >= 0.6 is 0 Å². The van der Waals surface area contributed by atoms with E-state index in [0.29, 0.717) is 6.54 Å². The molecule has 4 nitrogen and oxygen atoms in total. The van der Waals surface area contributed by atoms with Crippen molar-refractivity contribution in [1.29, 1.82) is 0 Å². The van der Waals surface area contributed by atoms with Crippen LogP contribution in [0.3, 0.4) is 0 Å². The second-order valence-electron chi connectivity index (χ2n) is 4.71. The largest absolute Gasteiger partial charge is 0.460 e. The van der Waals surface area contributed by atoms with E-state index in [9.17, 15) is 4.79 Å². The lowest BCUT2D eigenvalue weighted by Crippen LogP contribution is -2.42. The molecule has 19 heavy (non-hydrogen) atoms. The highest BCUT2D eigenvalue weighted by molar-refractivity contribution is 5.81. The van der Waals surface area contributed by atoms with E-state index in [4.69, 9.17) is 4.42 Å². The first-order chi connectivity index (χ1) is 9.11. The van der Waals surface area contributed by atoms with Gasteiger partial charge < -0.3 is 9.32 Å². The average molecular weight is 260 g/mol. The highest BCUT2D eigenvalue weighted by atomic mass is 16.3. The smallest absolute Gasteiger partial charge is 0.239 e. The molecule has 1 amide bonds. The zero-order valence-corrected chi connectivity index (χ0v) is 11.6. The molecule has 0 saturated heterocycles. The fourth-order valence-corrected chi connectivity index (χ4v) is 1.95. The van der Waals surface area contributed by atoms with Gasteiger partial charge in [0.15, 0.2) is 0 Å². The highest BCUT2D eigenvalue weighted by Crippen LogP contribution is 2.18. The molecule has 1 aromatic carbocycles. The minimum absolute atomic E-state index is 0.0959. The Bertz CT molecular complexity index is 529. The van der Waals surface area contributed by atoms with Crippen molar-refractivity contribution in [2.45, 2.75) is 26.4 Å². The number of fused-ring (bicyclic) bond motifs is 1. The van der Waals surface area contributed by atoms with Crippen molar-refractivity contribution in [2.75, 3.05) is 13.6 Å². The van der Waals surface area contributed by atoms with Crippen LogP contribution in [0.15, 0.2) is 34.7 Å². The maximum absolute atomic E-state index is 11.9. The van der Waals surface area contributed by atoms with Crippen LogP contribution in [0.1, 0.15) is 19.6 Å². The third kappa shape index (κ3) is 3.15. The van der Waals surface area contributed by atoms with Crippen molar-refractivity contribution < 1.29 is 9.21 Å². The van der Waals surface area contributed by atoms with E-state index in [2.05, 4.69) is 5.32 Å². The Kier molecular flexibility index (Phi) is 4.22. The number of nitrogens with one attached hydrogen (secondary N) is 1. The highest BCUT2D eigenvalue weighted by Gasteiger charge is 2.16. The molecule has 0 radical (unpaired) electrons. The molecule has 1 N–H and O–H groups in total. The van der Waals surface area contributed by atoms with Crippen molar-refractivity contribution in [3.63, 3.8) is 0 Å². The van der Waals surface area contributed by atoms with Gasteiger partial charge in [-0.1, -0.05) is 18.2 Å². The minimum atomic E-state index is -0.210. The normalized spacial score (nSPS) is 12.6. The maximum atomic E-state index is 11.9. The number of amides is 1. The molecule has 0 aliphatic carbocycles. The van der Waals surface area contributed by atoms with Crippen LogP contribution < -0.4 is 5.32 Å². The lowest BCUT2D eigenvalue weighted by atomic mass is 10.2. The summed E-state index contributed by atoms with van der Waals surface area (Å²) in [5, 5.41) is 4.28. The third-order valence-electron chi connectivity index (χ3n) is 3.28. The number of furan rings is 1. The van der Waals surface area contributed by atoms with E-state index >= 15 is 0 Å². The van der Waals surface area contributed by atoms with E-state index in [1.807, 2.05) is 51.2 Å². The summed E-state index contributed by atoms with van der Waals surface area (Å²) in [6, 6.07) is 9.68. The van der Waals surface area contributed by atoms with E-state index in [0.717, 1.165) is 23.3 Å². The molecule has 1 aromatic heterocycles. The molecule has 0 aliphatic rings. The van der Waals surface area contributed by atoms with Crippen LogP contribution in [0.4, 0.5) is 0 Å². The van der Waals surface area contributed by atoms with Gasteiger partial charge in [0.25, 0.3) is 0 Å². The number of rotatable bonds is 5. The lowest BCUT2D eigenvalue weighted by molar-refractivity contribution is -0.131. The zero-order valence-electron chi connectivity index (χ0n) is 11.6. The summed E-state index contributed by atoms with van der Waals surface area (Å²) < 4.78 is 5.70. The van der Waals surface area contributed by atoms with Crippen LogP contribution in [-0.4, -0.2) is 30.4 Å². The molecular weight excluding hydrogens is 240 g/mol. The number of nitrogens with zero attached hydrogens (tertiary/aromatic N) is 1. The molecule has 0 saturated carbocycles. The van der Waals surface area contributed by atoms with Gasteiger partial charge in [-0.3, -0.25) is 10.1 Å². The lowest BCUT2D eigenvalue weighted by Gasteiger charge is -2.20. The summed E-state index contributed by atoms with van der Waals surface area (Å²) in [6.07, 6.45) is 0. The van der Waals surface area contributed by atoms with Gasteiger partial charge in [-0.2, -0.15) is 0 Å². The minimum Gasteiger partial charge on any atom is -0.460 e. The Balaban J connectivity index is 1.96. The Labute approximate surface area is 113 Å². The summed E-state index contributed by atoms with van der Waals surface area (Å²) in [4.78, 5) is 13.6. The molecule has 1 heterocycles. The summed E-state index contributed by atoms with van der Waals surface area (Å²) in [7, 11) is 1.81. The van der Waals surface area contributed by atoms with Crippen LogP contribution in [0.5, 0.6) is 0 Å². The molecule has 1 unspecified atom stereocenters. The van der Waals surface area contributed by atoms with Crippen molar-refractivity contribution in [2.24, 2.45) is 0 Å². The number of carbonyl (C=O) groups is 1. The summed E-state index contributed by atoms with van der Waals surface area (Å²) in [5.41, 5.74) is 0.879. The monoisotopic (exact) mass is 260 g/mol. The first kappa shape index (κ1) is 13.6. The maximum Gasteiger partial charge on any atom is 0.239 e. The first-order valence-electron chi connectivity index (χ1n) is 6.57. The topological polar surface area (TPSA) is 45.5 Å². The predicted octanol–water partition coefficient (Wildman–Crippen LogP) is 2.39. The number of carbonyl (C=O) groups excluding carboxylic acids is 1. The molecule has 4 heteroatoms. The standard InChI is InChI=1S/C15H20N2O2/c1-4-17(3)15(18)11(2)16-10-13-9-12-7-5-6-8-14(12)19-13/h5-9,11,16H,4,10H2,1-3H3. The number of likely N-dealkylation sites (N-methyl/N-ethyl adjacent to an activating group) is 1. The average Bonchev–Trinajstić information content (AvgIpc) is 2.85. The van der Waals surface area contributed by atoms with Gasteiger partial charge in [0.05, 0.1) is 12.6 Å². The number of hydrogen-bond donors (Lipinski definition) is 1. The second kappa shape index (κ2) is 5.89. The Hall–Kier alpha value is -1.81.